The van der Waals surface area contributed by atoms with Gasteiger partial charge in [-0.15, -0.1) is 0 Å². The van der Waals surface area contributed by atoms with Gasteiger partial charge in [0.05, 0.1) is 17.7 Å². The van der Waals surface area contributed by atoms with Crippen molar-refractivity contribution >= 4 is 34.7 Å². The van der Waals surface area contributed by atoms with Crippen LogP contribution in [0.5, 0.6) is 11.5 Å². The molecule has 0 spiro atoms. The van der Waals surface area contributed by atoms with Crippen LogP contribution in [0.3, 0.4) is 0 Å². The van der Waals surface area contributed by atoms with Crippen LogP contribution in [-0.2, 0) is 9.59 Å². The number of carbonyl (C=O) groups is 3. The summed E-state index contributed by atoms with van der Waals surface area (Å²) in [5, 5.41) is 13.7. The van der Waals surface area contributed by atoms with Crippen LogP contribution in [0.4, 0.5) is 17.1 Å². The van der Waals surface area contributed by atoms with Gasteiger partial charge in [0.25, 0.3) is 5.91 Å². The summed E-state index contributed by atoms with van der Waals surface area (Å²) in [6.45, 7) is 1.30. The van der Waals surface area contributed by atoms with Gasteiger partial charge in [-0.05, 0) is 37.3 Å². The highest BCUT2D eigenvalue weighted by Crippen LogP contribution is 2.33. The molecule has 1 aliphatic heterocycles. The summed E-state index contributed by atoms with van der Waals surface area (Å²) in [4.78, 5) is 48.2. The van der Waals surface area contributed by atoms with Crippen LogP contribution in [0.15, 0.2) is 36.4 Å². The molecule has 1 heterocycles. The Balaban J connectivity index is 1.72. The molecule has 10 heteroatoms. The number of fused-ring (bicyclic) bond motifs is 1. The number of nitrogens with one attached hydrogen (secondary N) is 1. The average molecular weight is 413 g/mol. The molecule has 156 valence electrons. The third kappa shape index (κ3) is 4.37. The largest absolute Gasteiger partial charge is 0.490 e. The maximum atomic E-state index is 12.3. The molecule has 1 N–H and O–H groups in total. The number of rotatable bonds is 7. The number of hydrogen-bond acceptors (Lipinski definition) is 7. The predicted molar refractivity (Wildman–Crippen MR) is 107 cm³/mol. The third-order valence-corrected chi connectivity index (χ3v) is 4.53. The highest BCUT2D eigenvalue weighted by molar-refractivity contribution is 6.02. The van der Waals surface area contributed by atoms with Gasteiger partial charge in [-0.2, -0.15) is 0 Å². The number of ketones is 1. The Morgan fingerprint density at radius 3 is 2.70 bits per heavy atom. The van der Waals surface area contributed by atoms with Crippen molar-refractivity contribution in [2.75, 3.05) is 30.5 Å². The number of carbonyl (C=O) groups excluding carboxylic acids is 3. The van der Waals surface area contributed by atoms with Gasteiger partial charge < -0.3 is 19.7 Å². The maximum Gasteiger partial charge on any atom is 0.312 e. The molecule has 0 bridgehead atoms. The highest BCUT2D eigenvalue weighted by Gasteiger charge is 2.26. The van der Waals surface area contributed by atoms with E-state index in [9.17, 15) is 24.5 Å². The number of nitro benzene ring substituents is 1. The van der Waals surface area contributed by atoms with Crippen molar-refractivity contribution in [3.05, 3.63) is 52.1 Å². The molecule has 0 aromatic heterocycles. The summed E-state index contributed by atoms with van der Waals surface area (Å²) in [6, 6.07) is 8.85. The van der Waals surface area contributed by atoms with Crippen molar-refractivity contribution < 1.29 is 28.8 Å². The lowest BCUT2D eigenvalue weighted by Gasteiger charge is -2.29. The SMILES string of the molecule is COc1ccc(NC(=O)CCN2C(=O)COc3ccc(C(C)=O)cc32)cc1[N+](=O)[O-]. The first kappa shape index (κ1) is 20.8. The van der Waals surface area contributed by atoms with Crippen LogP contribution in [0, 0.1) is 10.1 Å². The van der Waals surface area contributed by atoms with E-state index in [-0.39, 0.29) is 48.4 Å². The van der Waals surface area contributed by atoms with Crippen molar-refractivity contribution in [2.45, 2.75) is 13.3 Å². The van der Waals surface area contributed by atoms with Gasteiger partial charge in [0.1, 0.15) is 5.75 Å². The molecule has 0 radical (unpaired) electrons. The standard InChI is InChI=1S/C20H19N3O7/c1-12(24)13-3-5-18-15(9-13)22(20(26)11-30-18)8-7-19(25)21-14-4-6-17(29-2)16(10-14)23(27)28/h3-6,9-10H,7-8,11H2,1-2H3,(H,21,25). The molecule has 0 atom stereocenters. The van der Waals surface area contributed by atoms with E-state index in [0.717, 1.165) is 0 Å². The number of nitrogens with zero attached hydrogens (tertiary/aromatic N) is 2. The minimum atomic E-state index is -0.607. The Labute approximate surface area is 171 Å². The molecule has 0 fully saturated rings. The molecule has 2 aromatic rings. The molecule has 0 unspecified atom stereocenters. The number of nitro groups is 1. The normalized spacial score (nSPS) is 12.6. The molecule has 0 saturated carbocycles. The number of Topliss-reactive ketones (excluding diaryl/α,β-unsaturated/α-hetero) is 1. The number of benzene rings is 2. The quantitative estimate of drug-likeness (QED) is 0.420. The van der Waals surface area contributed by atoms with Gasteiger partial charge >= 0.3 is 5.69 Å². The Hall–Kier alpha value is -3.95. The summed E-state index contributed by atoms with van der Waals surface area (Å²) in [5.41, 5.74) is 0.809. The van der Waals surface area contributed by atoms with E-state index in [0.29, 0.717) is 17.0 Å². The molecule has 30 heavy (non-hydrogen) atoms. The third-order valence-electron chi connectivity index (χ3n) is 4.53. The van der Waals surface area contributed by atoms with E-state index in [1.165, 1.54) is 37.1 Å². The van der Waals surface area contributed by atoms with Gasteiger partial charge in [0.2, 0.25) is 5.91 Å². The average Bonchev–Trinajstić information content (AvgIpc) is 2.72. The van der Waals surface area contributed by atoms with E-state index < -0.39 is 10.8 Å². The molecule has 10 nitrogen and oxygen atoms in total. The van der Waals surface area contributed by atoms with Gasteiger partial charge in [0, 0.05) is 30.3 Å². The number of anilines is 2. The fraction of sp³-hybridized carbons (Fsp3) is 0.250. The lowest BCUT2D eigenvalue weighted by Crippen LogP contribution is -2.40. The molecule has 2 aromatic carbocycles. The van der Waals surface area contributed by atoms with Crippen molar-refractivity contribution in [3.8, 4) is 11.5 Å². The second-order valence-electron chi connectivity index (χ2n) is 6.51. The summed E-state index contributed by atoms with van der Waals surface area (Å²) in [7, 11) is 1.31. The van der Waals surface area contributed by atoms with Crippen LogP contribution < -0.4 is 19.7 Å². The fourth-order valence-electron chi connectivity index (χ4n) is 3.01. The van der Waals surface area contributed by atoms with Crippen molar-refractivity contribution in [3.63, 3.8) is 0 Å². The summed E-state index contributed by atoms with van der Waals surface area (Å²) in [5.74, 6) is -0.399. The zero-order valence-electron chi connectivity index (χ0n) is 16.3. The Kier molecular flexibility index (Phi) is 5.95. The Bertz CT molecular complexity index is 1040. The van der Waals surface area contributed by atoms with Crippen LogP contribution in [-0.4, -0.2) is 42.8 Å². The van der Waals surface area contributed by atoms with Gasteiger partial charge in [-0.1, -0.05) is 0 Å². The first-order valence-corrected chi connectivity index (χ1v) is 9.00. The molecular formula is C20H19N3O7. The summed E-state index contributed by atoms with van der Waals surface area (Å²) >= 11 is 0. The molecule has 3 rings (SSSR count). The van der Waals surface area contributed by atoms with Gasteiger partial charge in [-0.3, -0.25) is 24.5 Å². The second-order valence-corrected chi connectivity index (χ2v) is 6.51. The minimum absolute atomic E-state index is 0.0562. The van der Waals surface area contributed by atoms with E-state index >= 15 is 0 Å². The van der Waals surface area contributed by atoms with Crippen molar-refractivity contribution in [1.29, 1.82) is 0 Å². The monoisotopic (exact) mass is 413 g/mol. The van der Waals surface area contributed by atoms with E-state index in [4.69, 9.17) is 9.47 Å². The molecule has 2 amide bonds. The molecule has 0 saturated heterocycles. The smallest absolute Gasteiger partial charge is 0.312 e. The lowest BCUT2D eigenvalue weighted by molar-refractivity contribution is -0.385. The molecule has 1 aliphatic rings. The molecular weight excluding hydrogens is 394 g/mol. The number of ether oxygens (including phenoxy) is 2. The van der Waals surface area contributed by atoms with E-state index in [1.54, 1.807) is 18.2 Å². The van der Waals surface area contributed by atoms with Crippen LogP contribution in [0.25, 0.3) is 0 Å². The predicted octanol–water partition coefficient (Wildman–Crippen LogP) is 2.56. The zero-order valence-corrected chi connectivity index (χ0v) is 16.3. The highest BCUT2D eigenvalue weighted by atomic mass is 16.6. The van der Waals surface area contributed by atoms with Crippen LogP contribution in [0.1, 0.15) is 23.7 Å². The summed E-state index contributed by atoms with van der Waals surface area (Å²) in [6.07, 6.45) is -0.0602. The lowest BCUT2D eigenvalue weighted by atomic mass is 10.1. The van der Waals surface area contributed by atoms with E-state index in [2.05, 4.69) is 5.32 Å². The van der Waals surface area contributed by atoms with Gasteiger partial charge in [0.15, 0.2) is 18.1 Å². The first-order chi connectivity index (χ1) is 14.3. The Morgan fingerprint density at radius 1 is 1.27 bits per heavy atom. The van der Waals surface area contributed by atoms with Crippen LogP contribution in [0.2, 0.25) is 0 Å². The Morgan fingerprint density at radius 2 is 2.03 bits per heavy atom. The van der Waals surface area contributed by atoms with E-state index in [1.807, 2.05) is 0 Å². The van der Waals surface area contributed by atoms with Crippen molar-refractivity contribution in [1.82, 2.24) is 0 Å². The minimum Gasteiger partial charge on any atom is -0.490 e. The first-order valence-electron chi connectivity index (χ1n) is 9.00. The second kappa shape index (κ2) is 8.60. The van der Waals surface area contributed by atoms with Crippen LogP contribution >= 0.6 is 0 Å². The molecule has 0 aliphatic carbocycles. The van der Waals surface area contributed by atoms with Crippen molar-refractivity contribution in [2.24, 2.45) is 0 Å². The number of methoxy groups -OCH3 is 1. The topological polar surface area (TPSA) is 128 Å². The zero-order chi connectivity index (χ0) is 21.8. The maximum absolute atomic E-state index is 12.3. The van der Waals surface area contributed by atoms with Gasteiger partial charge in [-0.25, -0.2) is 0 Å². The number of hydrogen-bond donors (Lipinski definition) is 1. The number of amides is 2. The summed E-state index contributed by atoms with van der Waals surface area (Å²) < 4.78 is 10.3. The fourth-order valence-corrected chi connectivity index (χ4v) is 3.01.